The zero-order valence-corrected chi connectivity index (χ0v) is 9.13. The largest absolute Gasteiger partial charge is 0.325 e. The Labute approximate surface area is 90.0 Å². The Bertz CT molecular complexity index is 432. The number of amides is 1. The monoisotopic (exact) mass is 201 g/mol. The summed E-state index contributed by atoms with van der Waals surface area (Å²) in [6, 6.07) is 5.99. The molecule has 1 aromatic rings. The lowest BCUT2D eigenvalue weighted by molar-refractivity contribution is -0.124. The maximum atomic E-state index is 11.7. The van der Waals surface area contributed by atoms with Crippen molar-refractivity contribution in [3.8, 4) is 0 Å². The van der Waals surface area contributed by atoms with Crippen LogP contribution in [0, 0.1) is 5.41 Å². The third kappa shape index (κ3) is 1.67. The van der Waals surface area contributed by atoms with Crippen LogP contribution in [-0.2, 0) is 11.2 Å². The molecule has 2 heteroatoms. The summed E-state index contributed by atoms with van der Waals surface area (Å²) in [6.07, 6.45) is 2.61. The highest BCUT2D eigenvalue weighted by Gasteiger charge is 2.33. The van der Waals surface area contributed by atoms with Crippen molar-refractivity contribution in [2.45, 2.75) is 20.3 Å². The molecule has 2 rings (SSSR count). The Hall–Kier alpha value is -1.57. The van der Waals surface area contributed by atoms with E-state index in [1.165, 1.54) is 5.56 Å². The first-order chi connectivity index (χ1) is 7.03. The molecule has 0 bridgehead atoms. The first kappa shape index (κ1) is 9.97. The molecule has 2 nitrogen and oxygen atoms in total. The smallest absolute Gasteiger partial charge is 0.230 e. The zero-order valence-electron chi connectivity index (χ0n) is 9.13. The van der Waals surface area contributed by atoms with E-state index >= 15 is 0 Å². The summed E-state index contributed by atoms with van der Waals surface area (Å²) < 4.78 is 0. The summed E-state index contributed by atoms with van der Waals surface area (Å²) in [4.78, 5) is 11.7. The lowest BCUT2D eigenvalue weighted by Crippen LogP contribution is -2.37. The number of carbonyl (C=O) groups is 1. The predicted molar refractivity (Wildman–Crippen MR) is 62.6 cm³/mol. The van der Waals surface area contributed by atoms with Crippen LogP contribution in [0.25, 0.3) is 6.08 Å². The topological polar surface area (TPSA) is 29.1 Å². The lowest BCUT2D eigenvalue weighted by atomic mass is 9.81. The lowest BCUT2D eigenvalue weighted by Gasteiger charge is -2.30. The molecule has 15 heavy (non-hydrogen) atoms. The highest BCUT2D eigenvalue weighted by Crippen LogP contribution is 2.33. The number of rotatable bonds is 1. The van der Waals surface area contributed by atoms with Crippen LogP contribution in [0.1, 0.15) is 25.0 Å². The van der Waals surface area contributed by atoms with Gasteiger partial charge in [0.05, 0.1) is 0 Å². The minimum Gasteiger partial charge on any atom is -0.325 e. The summed E-state index contributed by atoms with van der Waals surface area (Å²) >= 11 is 0. The van der Waals surface area contributed by atoms with Gasteiger partial charge >= 0.3 is 0 Å². The van der Waals surface area contributed by atoms with Crippen LogP contribution < -0.4 is 5.32 Å². The van der Waals surface area contributed by atoms with E-state index in [2.05, 4.69) is 18.0 Å². The summed E-state index contributed by atoms with van der Waals surface area (Å²) in [5, 5.41) is 2.93. The molecule has 0 spiro atoms. The van der Waals surface area contributed by atoms with Crippen molar-refractivity contribution in [3.63, 3.8) is 0 Å². The molecule has 1 aliphatic heterocycles. The van der Waals surface area contributed by atoms with E-state index in [1.54, 1.807) is 0 Å². The molecule has 0 atom stereocenters. The zero-order chi connectivity index (χ0) is 11.1. The first-order valence-corrected chi connectivity index (χ1v) is 5.10. The van der Waals surface area contributed by atoms with Crippen LogP contribution >= 0.6 is 0 Å². The number of fused-ring (bicyclic) bond motifs is 1. The van der Waals surface area contributed by atoms with Crippen molar-refractivity contribution in [1.29, 1.82) is 0 Å². The average molecular weight is 201 g/mol. The third-order valence-electron chi connectivity index (χ3n) is 2.86. The fourth-order valence-corrected chi connectivity index (χ4v) is 1.86. The molecule has 0 unspecified atom stereocenters. The first-order valence-electron chi connectivity index (χ1n) is 5.10. The highest BCUT2D eigenvalue weighted by molar-refractivity contribution is 5.98. The van der Waals surface area contributed by atoms with Gasteiger partial charge in [-0.15, -0.1) is 0 Å². The van der Waals surface area contributed by atoms with Crippen LogP contribution in [0.5, 0.6) is 0 Å². The van der Waals surface area contributed by atoms with Gasteiger partial charge in [0, 0.05) is 11.1 Å². The van der Waals surface area contributed by atoms with E-state index < -0.39 is 0 Å². The van der Waals surface area contributed by atoms with Gasteiger partial charge in [-0.1, -0.05) is 32.6 Å². The molecule has 1 aromatic carbocycles. The maximum Gasteiger partial charge on any atom is 0.230 e. The summed E-state index contributed by atoms with van der Waals surface area (Å²) in [7, 11) is 0. The predicted octanol–water partition coefficient (Wildman–Crippen LogP) is 2.85. The van der Waals surface area contributed by atoms with Gasteiger partial charge in [-0.3, -0.25) is 4.79 Å². The van der Waals surface area contributed by atoms with Crippen molar-refractivity contribution < 1.29 is 4.79 Å². The average Bonchev–Trinajstić information content (AvgIpc) is 2.18. The molecule has 0 saturated carbocycles. The highest BCUT2D eigenvalue weighted by atomic mass is 16.2. The van der Waals surface area contributed by atoms with Gasteiger partial charge in [-0.25, -0.2) is 0 Å². The molecule has 0 radical (unpaired) electrons. The Balaban J connectivity index is 2.46. The van der Waals surface area contributed by atoms with Crippen molar-refractivity contribution in [2.75, 3.05) is 5.32 Å². The van der Waals surface area contributed by atoms with E-state index in [9.17, 15) is 4.79 Å². The molecule has 0 saturated heterocycles. The van der Waals surface area contributed by atoms with Gasteiger partial charge in [0.15, 0.2) is 0 Å². The summed E-state index contributed by atoms with van der Waals surface area (Å²) in [5.41, 5.74) is 2.91. The molecule has 0 aliphatic carbocycles. The molecular formula is C13H15NO. The fraction of sp³-hybridized carbons (Fsp3) is 0.308. The quantitative estimate of drug-likeness (QED) is 0.743. The molecule has 1 amide bonds. The van der Waals surface area contributed by atoms with Gasteiger partial charge in [0.1, 0.15) is 0 Å². The van der Waals surface area contributed by atoms with Gasteiger partial charge < -0.3 is 5.32 Å². The van der Waals surface area contributed by atoms with Gasteiger partial charge in [-0.2, -0.15) is 0 Å². The molecular weight excluding hydrogens is 186 g/mol. The second-order valence-electron chi connectivity index (χ2n) is 4.64. The van der Waals surface area contributed by atoms with E-state index in [4.69, 9.17) is 0 Å². The standard InChI is InChI=1S/C13H15NO/c1-4-9-5-6-11-10(7-9)8-13(2,3)12(15)14-11/h4-7H,1,8H2,2-3H3,(H,14,15). The SMILES string of the molecule is C=Cc1ccc2c(c1)CC(C)(C)C(=O)N2. The Kier molecular flexibility index (Phi) is 2.14. The van der Waals surface area contributed by atoms with Gasteiger partial charge in [0.2, 0.25) is 5.91 Å². The number of anilines is 1. The van der Waals surface area contributed by atoms with Crippen molar-refractivity contribution >= 4 is 17.7 Å². The van der Waals surface area contributed by atoms with Crippen molar-refractivity contribution in [2.24, 2.45) is 5.41 Å². The van der Waals surface area contributed by atoms with E-state index in [0.29, 0.717) is 0 Å². The summed E-state index contributed by atoms with van der Waals surface area (Å²) in [6.45, 7) is 7.67. The number of nitrogens with one attached hydrogen (secondary N) is 1. The number of benzene rings is 1. The molecule has 1 aliphatic rings. The normalized spacial score (nSPS) is 17.9. The van der Waals surface area contributed by atoms with Crippen molar-refractivity contribution in [1.82, 2.24) is 0 Å². The van der Waals surface area contributed by atoms with Crippen LogP contribution in [0.3, 0.4) is 0 Å². The third-order valence-corrected chi connectivity index (χ3v) is 2.86. The maximum absolute atomic E-state index is 11.7. The minimum absolute atomic E-state index is 0.0985. The minimum atomic E-state index is -0.313. The van der Waals surface area contributed by atoms with Crippen LogP contribution in [-0.4, -0.2) is 5.91 Å². The van der Waals surface area contributed by atoms with Crippen LogP contribution in [0.2, 0.25) is 0 Å². The van der Waals surface area contributed by atoms with Gasteiger partial charge in [0.25, 0.3) is 0 Å². The van der Waals surface area contributed by atoms with E-state index in [0.717, 1.165) is 17.7 Å². The van der Waals surface area contributed by atoms with Crippen LogP contribution in [0.4, 0.5) is 5.69 Å². The van der Waals surface area contributed by atoms with Gasteiger partial charge in [-0.05, 0) is 29.7 Å². The van der Waals surface area contributed by atoms with E-state index in [1.807, 2.05) is 32.1 Å². The van der Waals surface area contributed by atoms with Crippen molar-refractivity contribution in [3.05, 3.63) is 35.9 Å². The number of hydrogen-bond donors (Lipinski definition) is 1. The molecule has 1 N–H and O–H groups in total. The summed E-state index contributed by atoms with van der Waals surface area (Å²) in [5.74, 6) is 0.0985. The Morgan fingerprint density at radius 2 is 2.20 bits per heavy atom. The molecule has 78 valence electrons. The second-order valence-corrected chi connectivity index (χ2v) is 4.64. The van der Waals surface area contributed by atoms with E-state index in [-0.39, 0.29) is 11.3 Å². The molecule has 0 aromatic heterocycles. The van der Waals surface area contributed by atoms with Crippen LogP contribution in [0.15, 0.2) is 24.8 Å². The Morgan fingerprint density at radius 1 is 1.47 bits per heavy atom. The molecule has 1 heterocycles. The number of hydrogen-bond acceptors (Lipinski definition) is 1. The number of carbonyl (C=O) groups excluding carboxylic acids is 1. The second kappa shape index (κ2) is 3.23. The fourth-order valence-electron chi connectivity index (χ4n) is 1.86. The molecule has 0 fully saturated rings. The Morgan fingerprint density at radius 3 is 2.87 bits per heavy atom.